The fraction of sp³-hybridized carbons (Fsp3) is 0.474. The largest absolute Gasteiger partial charge is 0.454 e. The average molecular weight is 357 g/mol. The van der Waals surface area contributed by atoms with E-state index >= 15 is 0 Å². The van der Waals surface area contributed by atoms with Crippen LogP contribution in [0.1, 0.15) is 50.5 Å². The number of ether oxygens (including phenoxy) is 1. The third-order valence-corrected chi connectivity index (χ3v) is 4.62. The highest BCUT2D eigenvalue weighted by Gasteiger charge is 2.42. The molecule has 1 N–H and O–H groups in total. The lowest BCUT2D eigenvalue weighted by atomic mass is 9.81. The molecule has 7 heteroatoms. The van der Waals surface area contributed by atoms with E-state index in [1.165, 1.54) is 6.92 Å². The summed E-state index contributed by atoms with van der Waals surface area (Å²) in [5, 5.41) is 6.71. The van der Waals surface area contributed by atoms with Crippen LogP contribution in [-0.4, -0.2) is 27.6 Å². The Bertz CT molecular complexity index is 776. The summed E-state index contributed by atoms with van der Waals surface area (Å²) in [5.41, 5.74) is 1.03. The molecule has 138 valence electrons. The second kappa shape index (κ2) is 7.68. The highest BCUT2D eigenvalue weighted by atomic mass is 16.6. The minimum Gasteiger partial charge on any atom is -0.454 e. The fourth-order valence-corrected chi connectivity index (χ4v) is 3.27. The van der Waals surface area contributed by atoms with Crippen molar-refractivity contribution in [2.24, 2.45) is 0 Å². The maximum atomic E-state index is 12.6. The van der Waals surface area contributed by atoms with E-state index in [1.54, 1.807) is 0 Å². The van der Waals surface area contributed by atoms with Gasteiger partial charge in [-0.15, -0.1) is 0 Å². The number of hydrogen-bond acceptors (Lipinski definition) is 6. The Morgan fingerprint density at radius 3 is 2.54 bits per heavy atom. The quantitative estimate of drug-likeness (QED) is 0.827. The van der Waals surface area contributed by atoms with E-state index in [0.717, 1.165) is 30.4 Å². The summed E-state index contributed by atoms with van der Waals surface area (Å²) >= 11 is 0. The van der Waals surface area contributed by atoms with Gasteiger partial charge in [-0.05, 0) is 19.8 Å². The van der Waals surface area contributed by atoms with Crippen molar-refractivity contribution in [3.8, 4) is 11.4 Å². The van der Waals surface area contributed by atoms with Crippen LogP contribution in [0.5, 0.6) is 0 Å². The van der Waals surface area contributed by atoms with Crippen LogP contribution in [0, 0.1) is 6.92 Å². The molecule has 26 heavy (non-hydrogen) atoms. The van der Waals surface area contributed by atoms with Gasteiger partial charge in [0.25, 0.3) is 5.89 Å². The van der Waals surface area contributed by atoms with Crippen LogP contribution in [0.4, 0.5) is 0 Å². The maximum Gasteiger partial charge on any atom is 0.332 e. The summed E-state index contributed by atoms with van der Waals surface area (Å²) in [6.07, 6.45) is 3.99. The molecule has 2 aromatic rings. The SMILES string of the molecule is CC(=O)NC1(C(=O)OCc2nc(-c3ccc(C)cc3)no2)CCCCC1. The normalized spacial score (nSPS) is 16.1. The Morgan fingerprint density at radius 2 is 1.88 bits per heavy atom. The Hall–Kier alpha value is -2.70. The minimum absolute atomic E-state index is 0.112. The van der Waals surface area contributed by atoms with E-state index in [-0.39, 0.29) is 18.4 Å². The van der Waals surface area contributed by atoms with E-state index in [2.05, 4.69) is 15.5 Å². The summed E-state index contributed by atoms with van der Waals surface area (Å²) in [4.78, 5) is 28.4. The molecule has 1 aromatic carbocycles. The van der Waals surface area contributed by atoms with Crippen LogP contribution in [0.3, 0.4) is 0 Å². The van der Waals surface area contributed by atoms with Gasteiger partial charge in [0.05, 0.1) is 0 Å². The molecule has 0 saturated heterocycles. The Labute approximate surface area is 152 Å². The van der Waals surface area contributed by atoms with Crippen LogP contribution in [0.15, 0.2) is 28.8 Å². The molecular formula is C19H23N3O4. The smallest absolute Gasteiger partial charge is 0.332 e. The van der Waals surface area contributed by atoms with Gasteiger partial charge in [-0.2, -0.15) is 4.98 Å². The van der Waals surface area contributed by atoms with Crippen molar-refractivity contribution >= 4 is 11.9 Å². The van der Waals surface area contributed by atoms with Crippen LogP contribution in [0.2, 0.25) is 0 Å². The molecule has 1 fully saturated rings. The predicted molar refractivity (Wildman–Crippen MR) is 93.9 cm³/mol. The first kappa shape index (κ1) is 18.1. The van der Waals surface area contributed by atoms with E-state index < -0.39 is 11.5 Å². The lowest BCUT2D eigenvalue weighted by molar-refractivity contribution is -0.157. The van der Waals surface area contributed by atoms with E-state index in [4.69, 9.17) is 9.26 Å². The molecule has 0 atom stereocenters. The van der Waals surface area contributed by atoms with E-state index in [1.807, 2.05) is 31.2 Å². The highest BCUT2D eigenvalue weighted by Crippen LogP contribution is 2.30. The van der Waals surface area contributed by atoms with Crippen molar-refractivity contribution in [2.75, 3.05) is 0 Å². The first-order valence-electron chi connectivity index (χ1n) is 8.84. The van der Waals surface area contributed by atoms with Gasteiger partial charge in [-0.25, -0.2) is 4.79 Å². The summed E-state index contributed by atoms with van der Waals surface area (Å²) in [5.74, 6) is -0.00113. The molecule has 1 amide bonds. The first-order valence-corrected chi connectivity index (χ1v) is 8.84. The van der Waals surface area contributed by atoms with Gasteiger partial charge in [0.1, 0.15) is 5.54 Å². The van der Waals surface area contributed by atoms with Crippen molar-refractivity contribution in [3.05, 3.63) is 35.7 Å². The number of rotatable bonds is 5. The number of esters is 1. The number of carbonyl (C=O) groups excluding carboxylic acids is 2. The molecule has 1 heterocycles. The Kier molecular flexibility index (Phi) is 5.35. The maximum absolute atomic E-state index is 12.6. The minimum atomic E-state index is -0.941. The summed E-state index contributed by atoms with van der Waals surface area (Å²) < 4.78 is 10.6. The zero-order valence-corrected chi connectivity index (χ0v) is 15.1. The van der Waals surface area contributed by atoms with Gasteiger partial charge in [-0.3, -0.25) is 4.79 Å². The molecule has 1 aliphatic rings. The molecule has 0 unspecified atom stereocenters. The number of benzene rings is 1. The third-order valence-electron chi connectivity index (χ3n) is 4.62. The molecule has 1 aromatic heterocycles. The summed E-state index contributed by atoms with van der Waals surface area (Å²) in [6, 6.07) is 7.74. The van der Waals surface area contributed by atoms with Crippen LogP contribution in [-0.2, 0) is 20.9 Å². The molecule has 0 spiro atoms. The Balaban J connectivity index is 1.65. The molecule has 0 aliphatic heterocycles. The molecule has 3 rings (SSSR count). The number of aryl methyl sites for hydroxylation is 1. The van der Waals surface area contributed by atoms with Gasteiger partial charge in [-0.1, -0.05) is 54.2 Å². The number of hydrogen-bond donors (Lipinski definition) is 1. The van der Waals surface area contributed by atoms with Crippen LogP contribution < -0.4 is 5.32 Å². The van der Waals surface area contributed by atoms with Gasteiger partial charge >= 0.3 is 5.97 Å². The first-order chi connectivity index (χ1) is 12.5. The summed E-state index contributed by atoms with van der Waals surface area (Å²) in [6.45, 7) is 3.30. The second-order valence-corrected chi connectivity index (χ2v) is 6.78. The van der Waals surface area contributed by atoms with Crippen molar-refractivity contribution in [1.82, 2.24) is 15.5 Å². The number of amides is 1. The topological polar surface area (TPSA) is 94.3 Å². The number of aromatic nitrogens is 2. The number of nitrogens with one attached hydrogen (secondary N) is 1. The third kappa shape index (κ3) is 4.09. The number of carbonyl (C=O) groups is 2. The molecule has 7 nitrogen and oxygen atoms in total. The van der Waals surface area contributed by atoms with Crippen molar-refractivity contribution < 1.29 is 18.8 Å². The lowest BCUT2D eigenvalue weighted by Gasteiger charge is -2.35. The van der Waals surface area contributed by atoms with Gasteiger partial charge < -0.3 is 14.6 Å². The molecule has 1 saturated carbocycles. The lowest BCUT2D eigenvalue weighted by Crippen LogP contribution is -2.55. The zero-order valence-electron chi connectivity index (χ0n) is 15.1. The second-order valence-electron chi connectivity index (χ2n) is 6.78. The summed E-state index contributed by atoms with van der Waals surface area (Å²) in [7, 11) is 0. The van der Waals surface area contributed by atoms with Crippen molar-refractivity contribution in [1.29, 1.82) is 0 Å². The van der Waals surface area contributed by atoms with Crippen molar-refractivity contribution in [3.63, 3.8) is 0 Å². The van der Waals surface area contributed by atoms with Crippen molar-refractivity contribution in [2.45, 2.75) is 58.1 Å². The monoisotopic (exact) mass is 357 g/mol. The van der Waals surface area contributed by atoms with Gasteiger partial charge in [0.15, 0.2) is 6.61 Å². The molecular weight excluding hydrogens is 334 g/mol. The molecule has 0 radical (unpaired) electrons. The average Bonchev–Trinajstić information content (AvgIpc) is 3.09. The van der Waals surface area contributed by atoms with Gasteiger partial charge in [0.2, 0.25) is 11.7 Å². The van der Waals surface area contributed by atoms with E-state index in [9.17, 15) is 9.59 Å². The Morgan fingerprint density at radius 1 is 1.19 bits per heavy atom. The van der Waals surface area contributed by atoms with Gasteiger partial charge in [0, 0.05) is 12.5 Å². The van der Waals surface area contributed by atoms with Crippen LogP contribution >= 0.6 is 0 Å². The van der Waals surface area contributed by atoms with Crippen LogP contribution in [0.25, 0.3) is 11.4 Å². The molecule has 0 bridgehead atoms. The van der Waals surface area contributed by atoms with E-state index in [0.29, 0.717) is 18.7 Å². The fourth-order valence-electron chi connectivity index (χ4n) is 3.27. The number of nitrogens with zero attached hydrogens (tertiary/aromatic N) is 2. The zero-order chi connectivity index (χ0) is 18.6. The standard InChI is InChI=1S/C19H23N3O4/c1-13-6-8-15(9-7-13)17-20-16(26-22-17)12-25-18(24)19(21-14(2)23)10-4-3-5-11-19/h6-9H,3-5,10-12H2,1-2H3,(H,21,23). The highest BCUT2D eigenvalue weighted by molar-refractivity contribution is 5.87. The predicted octanol–water partition coefficient (Wildman–Crippen LogP) is 2.93. The molecule has 1 aliphatic carbocycles.